The summed E-state index contributed by atoms with van der Waals surface area (Å²) in [4.78, 5) is 0. The van der Waals surface area contributed by atoms with Crippen LogP contribution >= 0.6 is 0 Å². The summed E-state index contributed by atoms with van der Waals surface area (Å²) in [5, 5.41) is 3.53. The summed E-state index contributed by atoms with van der Waals surface area (Å²) in [5.74, 6) is 0. The number of benzene rings is 1. The van der Waals surface area contributed by atoms with Crippen LogP contribution in [0.15, 0.2) is 24.3 Å². The molecule has 70 valence electrons. The number of para-hydroxylation sites is 1. The molecule has 0 saturated heterocycles. The van der Waals surface area contributed by atoms with Gasteiger partial charge in [0.15, 0.2) is 0 Å². The molecule has 0 bridgehead atoms. The van der Waals surface area contributed by atoms with E-state index in [0.29, 0.717) is 6.04 Å². The Bertz CT molecular complexity index is 292. The van der Waals surface area contributed by atoms with E-state index in [9.17, 15) is 0 Å². The Balaban J connectivity index is 2.09. The van der Waals surface area contributed by atoms with Gasteiger partial charge in [-0.05, 0) is 31.4 Å². The molecule has 3 N–H and O–H groups in total. The fourth-order valence-electron chi connectivity index (χ4n) is 1.60. The average molecular weight is 176 g/mol. The Morgan fingerprint density at radius 3 is 2.69 bits per heavy atom. The molecule has 1 aliphatic carbocycles. The lowest BCUT2D eigenvalue weighted by Crippen LogP contribution is -2.21. The minimum Gasteiger partial charge on any atom is -0.398 e. The van der Waals surface area contributed by atoms with Crippen molar-refractivity contribution >= 4 is 5.69 Å². The van der Waals surface area contributed by atoms with Crippen molar-refractivity contribution in [3.8, 4) is 0 Å². The standard InChI is InChI=1S/C11H16N2/c1-8(13-9-6-7-9)10-4-2-3-5-11(10)12/h2-5,8-9,13H,6-7,12H2,1H3/t8-/m1/s1. The lowest BCUT2D eigenvalue weighted by atomic mass is 10.1. The highest BCUT2D eigenvalue weighted by atomic mass is 15.0. The van der Waals surface area contributed by atoms with Gasteiger partial charge in [-0.3, -0.25) is 0 Å². The molecular weight excluding hydrogens is 160 g/mol. The number of hydrogen-bond acceptors (Lipinski definition) is 2. The summed E-state index contributed by atoms with van der Waals surface area (Å²) in [6.07, 6.45) is 2.63. The van der Waals surface area contributed by atoms with E-state index in [2.05, 4.69) is 18.3 Å². The summed E-state index contributed by atoms with van der Waals surface area (Å²) in [5.41, 5.74) is 7.99. The van der Waals surface area contributed by atoms with Gasteiger partial charge in [-0.25, -0.2) is 0 Å². The molecule has 0 aliphatic heterocycles. The second-order valence-corrected chi connectivity index (χ2v) is 3.79. The third kappa shape index (κ3) is 2.01. The number of anilines is 1. The Labute approximate surface area is 79.1 Å². The maximum Gasteiger partial charge on any atom is 0.0362 e. The van der Waals surface area contributed by atoms with Crippen molar-refractivity contribution in [2.45, 2.75) is 31.8 Å². The van der Waals surface area contributed by atoms with Crippen LogP contribution in [-0.4, -0.2) is 6.04 Å². The average Bonchev–Trinajstić information content (AvgIpc) is 2.89. The molecule has 1 aromatic carbocycles. The van der Waals surface area contributed by atoms with Crippen molar-refractivity contribution in [1.82, 2.24) is 5.32 Å². The second kappa shape index (κ2) is 3.38. The van der Waals surface area contributed by atoms with Crippen LogP contribution in [0.25, 0.3) is 0 Å². The van der Waals surface area contributed by atoms with Crippen LogP contribution in [-0.2, 0) is 0 Å². The van der Waals surface area contributed by atoms with Crippen LogP contribution in [0.1, 0.15) is 31.4 Å². The van der Waals surface area contributed by atoms with E-state index in [1.807, 2.05) is 18.2 Å². The molecule has 0 heterocycles. The SMILES string of the molecule is C[C@@H](NC1CC1)c1ccccc1N. The van der Waals surface area contributed by atoms with E-state index < -0.39 is 0 Å². The zero-order chi connectivity index (χ0) is 9.26. The quantitative estimate of drug-likeness (QED) is 0.692. The van der Waals surface area contributed by atoms with Crippen molar-refractivity contribution in [2.24, 2.45) is 0 Å². The molecule has 1 saturated carbocycles. The summed E-state index contributed by atoms with van der Waals surface area (Å²) in [6, 6.07) is 9.18. The number of nitrogen functional groups attached to an aromatic ring is 1. The van der Waals surface area contributed by atoms with Crippen molar-refractivity contribution in [3.05, 3.63) is 29.8 Å². The minimum absolute atomic E-state index is 0.383. The molecule has 1 atom stereocenters. The Kier molecular flexibility index (Phi) is 2.23. The van der Waals surface area contributed by atoms with Crippen LogP contribution in [0.2, 0.25) is 0 Å². The monoisotopic (exact) mass is 176 g/mol. The van der Waals surface area contributed by atoms with Crippen LogP contribution < -0.4 is 11.1 Å². The van der Waals surface area contributed by atoms with E-state index in [-0.39, 0.29) is 0 Å². The van der Waals surface area contributed by atoms with Crippen LogP contribution in [0, 0.1) is 0 Å². The van der Waals surface area contributed by atoms with Gasteiger partial charge >= 0.3 is 0 Å². The highest BCUT2D eigenvalue weighted by molar-refractivity contribution is 5.47. The third-order valence-electron chi connectivity index (χ3n) is 2.53. The first-order valence-corrected chi connectivity index (χ1v) is 4.88. The molecule has 1 fully saturated rings. The number of hydrogen-bond donors (Lipinski definition) is 2. The van der Waals surface area contributed by atoms with Crippen LogP contribution in [0.4, 0.5) is 5.69 Å². The highest BCUT2D eigenvalue weighted by Crippen LogP contribution is 2.26. The fourth-order valence-corrected chi connectivity index (χ4v) is 1.60. The largest absolute Gasteiger partial charge is 0.398 e. The van der Waals surface area contributed by atoms with Crippen molar-refractivity contribution in [2.75, 3.05) is 5.73 Å². The highest BCUT2D eigenvalue weighted by Gasteiger charge is 2.23. The summed E-state index contributed by atoms with van der Waals surface area (Å²) in [6.45, 7) is 2.17. The normalized spacial score (nSPS) is 18.5. The molecule has 0 radical (unpaired) electrons. The van der Waals surface area contributed by atoms with Gasteiger partial charge in [-0.1, -0.05) is 18.2 Å². The molecule has 0 unspecified atom stereocenters. The van der Waals surface area contributed by atoms with E-state index in [1.165, 1.54) is 18.4 Å². The molecule has 1 aliphatic rings. The molecule has 0 spiro atoms. The third-order valence-corrected chi connectivity index (χ3v) is 2.53. The minimum atomic E-state index is 0.383. The molecule has 2 nitrogen and oxygen atoms in total. The van der Waals surface area contributed by atoms with Gasteiger partial charge in [0, 0.05) is 17.8 Å². The summed E-state index contributed by atoms with van der Waals surface area (Å²) < 4.78 is 0. The van der Waals surface area contributed by atoms with Crippen LogP contribution in [0.3, 0.4) is 0 Å². The Morgan fingerprint density at radius 1 is 1.38 bits per heavy atom. The maximum absolute atomic E-state index is 5.88. The van der Waals surface area contributed by atoms with E-state index >= 15 is 0 Å². The lowest BCUT2D eigenvalue weighted by Gasteiger charge is -2.15. The first-order chi connectivity index (χ1) is 6.27. The summed E-state index contributed by atoms with van der Waals surface area (Å²) >= 11 is 0. The van der Waals surface area contributed by atoms with Crippen molar-refractivity contribution < 1.29 is 0 Å². The zero-order valence-electron chi connectivity index (χ0n) is 7.96. The predicted molar refractivity (Wildman–Crippen MR) is 55.4 cm³/mol. The van der Waals surface area contributed by atoms with E-state index in [1.54, 1.807) is 0 Å². The molecule has 2 rings (SSSR count). The predicted octanol–water partition coefficient (Wildman–Crippen LogP) is 2.08. The van der Waals surface area contributed by atoms with Gasteiger partial charge in [0.2, 0.25) is 0 Å². The van der Waals surface area contributed by atoms with Gasteiger partial charge in [0.05, 0.1) is 0 Å². The van der Waals surface area contributed by atoms with Gasteiger partial charge in [-0.15, -0.1) is 0 Å². The molecule has 1 aromatic rings. The number of nitrogens with two attached hydrogens (primary N) is 1. The number of rotatable bonds is 3. The Morgan fingerprint density at radius 2 is 2.08 bits per heavy atom. The second-order valence-electron chi connectivity index (χ2n) is 3.79. The van der Waals surface area contributed by atoms with Gasteiger partial charge < -0.3 is 11.1 Å². The van der Waals surface area contributed by atoms with E-state index in [0.717, 1.165) is 11.7 Å². The smallest absolute Gasteiger partial charge is 0.0362 e. The molecule has 2 heteroatoms. The molecule has 13 heavy (non-hydrogen) atoms. The Hall–Kier alpha value is -1.02. The first-order valence-electron chi connectivity index (χ1n) is 4.88. The van der Waals surface area contributed by atoms with Gasteiger partial charge in [0.1, 0.15) is 0 Å². The first kappa shape index (κ1) is 8.57. The van der Waals surface area contributed by atoms with Gasteiger partial charge in [-0.2, -0.15) is 0 Å². The van der Waals surface area contributed by atoms with E-state index in [4.69, 9.17) is 5.73 Å². The maximum atomic E-state index is 5.88. The van der Waals surface area contributed by atoms with Crippen LogP contribution in [0.5, 0.6) is 0 Å². The van der Waals surface area contributed by atoms with Crippen molar-refractivity contribution in [1.29, 1.82) is 0 Å². The summed E-state index contributed by atoms with van der Waals surface area (Å²) in [7, 11) is 0. The number of nitrogens with one attached hydrogen (secondary N) is 1. The molecular formula is C11H16N2. The molecule has 0 amide bonds. The van der Waals surface area contributed by atoms with Crippen molar-refractivity contribution in [3.63, 3.8) is 0 Å². The van der Waals surface area contributed by atoms with Gasteiger partial charge in [0.25, 0.3) is 0 Å². The fraction of sp³-hybridized carbons (Fsp3) is 0.455. The molecule has 0 aromatic heterocycles. The zero-order valence-corrected chi connectivity index (χ0v) is 7.96. The topological polar surface area (TPSA) is 38.0 Å². The lowest BCUT2D eigenvalue weighted by molar-refractivity contribution is 0.572.